The van der Waals surface area contributed by atoms with Gasteiger partial charge in [0.05, 0.1) is 0 Å². The molecule has 3 nitrogen and oxygen atoms in total. The lowest BCUT2D eigenvalue weighted by atomic mass is 10.1. The van der Waals surface area contributed by atoms with Gasteiger partial charge in [-0.05, 0) is 38.0 Å². The SMILES string of the molecule is CC(C)N(CCCO)Cc1cccc(N)c1. The summed E-state index contributed by atoms with van der Waals surface area (Å²) >= 11 is 0. The van der Waals surface area contributed by atoms with Gasteiger partial charge in [-0.1, -0.05) is 12.1 Å². The van der Waals surface area contributed by atoms with Crippen LogP contribution in [0.15, 0.2) is 24.3 Å². The molecule has 0 radical (unpaired) electrons. The fourth-order valence-corrected chi connectivity index (χ4v) is 1.72. The number of nitrogens with zero attached hydrogens (tertiary/aromatic N) is 1. The maximum Gasteiger partial charge on any atom is 0.0443 e. The van der Waals surface area contributed by atoms with E-state index in [2.05, 4.69) is 24.8 Å². The first-order valence-electron chi connectivity index (χ1n) is 5.83. The van der Waals surface area contributed by atoms with E-state index in [0.29, 0.717) is 6.04 Å². The summed E-state index contributed by atoms with van der Waals surface area (Å²) in [5, 5.41) is 8.86. The predicted octanol–water partition coefficient (Wildman–Crippen LogP) is 1.86. The second-order valence-corrected chi connectivity index (χ2v) is 4.39. The molecule has 0 saturated carbocycles. The number of aliphatic hydroxyl groups is 1. The summed E-state index contributed by atoms with van der Waals surface area (Å²) in [4.78, 5) is 2.34. The van der Waals surface area contributed by atoms with Crippen molar-refractivity contribution in [2.45, 2.75) is 32.9 Å². The molecule has 0 saturated heterocycles. The lowest BCUT2D eigenvalue weighted by molar-refractivity contribution is 0.185. The van der Waals surface area contributed by atoms with Gasteiger partial charge in [-0.2, -0.15) is 0 Å². The average molecular weight is 222 g/mol. The van der Waals surface area contributed by atoms with Crippen LogP contribution in [0.25, 0.3) is 0 Å². The molecule has 90 valence electrons. The highest BCUT2D eigenvalue weighted by molar-refractivity contribution is 5.40. The Kier molecular flexibility index (Phi) is 5.29. The van der Waals surface area contributed by atoms with Gasteiger partial charge in [0.15, 0.2) is 0 Å². The Labute approximate surface area is 97.9 Å². The zero-order valence-electron chi connectivity index (χ0n) is 10.2. The van der Waals surface area contributed by atoms with Crippen LogP contribution in [0.2, 0.25) is 0 Å². The minimum absolute atomic E-state index is 0.250. The minimum atomic E-state index is 0.250. The number of hydrogen-bond donors (Lipinski definition) is 2. The predicted molar refractivity (Wildman–Crippen MR) is 68.1 cm³/mol. The van der Waals surface area contributed by atoms with Crippen LogP contribution < -0.4 is 5.73 Å². The summed E-state index contributed by atoms with van der Waals surface area (Å²) in [5.41, 5.74) is 7.79. The van der Waals surface area contributed by atoms with E-state index in [9.17, 15) is 0 Å². The van der Waals surface area contributed by atoms with Crippen molar-refractivity contribution in [1.82, 2.24) is 4.90 Å². The quantitative estimate of drug-likeness (QED) is 0.722. The topological polar surface area (TPSA) is 49.5 Å². The first-order chi connectivity index (χ1) is 7.63. The fourth-order valence-electron chi connectivity index (χ4n) is 1.72. The molecule has 0 amide bonds. The van der Waals surface area contributed by atoms with E-state index < -0.39 is 0 Å². The third-order valence-corrected chi connectivity index (χ3v) is 2.67. The normalized spacial score (nSPS) is 11.3. The number of nitrogens with two attached hydrogens (primary N) is 1. The van der Waals surface area contributed by atoms with Gasteiger partial charge in [0, 0.05) is 31.4 Å². The van der Waals surface area contributed by atoms with Crippen LogP contribution >= 0.6 is 0 Å². The monoisotopic (exact) mass is 222 g/mol. The standard InChI is InChI=1S/C13H22N2O/c1-11(2)15(7-4-8-16)10-12-5-3-6-13(14)9-12/h3,5-6,9,11,16H,4,7-8,10,14H2,1-2H3. The molecule has 3 N–H and O–H groups in total. The van der Waals surface area contributed by atoms with E-state index in [0.717, 1.165) is 25.2 Å². The van der Waals surface area contributed by atoms with E-state index in [-0.39, 0.29) is 6.61 Å². The lowest BCUT2D eigenvalue weighted by Crippen LogP contribution is -2.31. The first kappa shape index (κ1) is 13.0. The number of aliphatic hydroxyl groups excluding tert-OH is 1. The van der Waals surface area contributed by atoms with Gasteiger partial charge in [0.25, 0.3) is 0 Å². The number of nitrogen functional groups attached to an aromatic ring is 1. The van der Waals surface area contributed by atoms with Crippen LogP contribution in [0.3, 0.4) is 0 Å². The molecule has 1 aromatic carbocycles. The van der Waals surface area contributed by atoms with Gasteiger partial charge in [-0.25, -0.2) is 0 Å². The molecule has 0 fully saturated rings. The highest BCUT2D eigenvalue weighted by Gasteiger charge is 2.09. The summed E-state index contributed by atoms with van der Waals surface area (Å²) in [6.45, 7) is 6.40. The van der Waals surface area contributed by atoms with Crippen molar-refractivity contribution in [2.24, 2.45) is 0 Å². The van der Waals surface area contributed by atoms with Gasteiger partial charge in [0.1, 0.15) is 0 Å². The van der Waals surface area contributed by atoms with Crippen LogP contribution in [0.1, 0.15) is 25.8 Å². The van der Waals surface area contributed by atoms with Gasteiger partial charge < -0.3 is 10.8 Å². The summed E-state index contributed by atoms with van der Waals surface area (Å²) in [5.74, 6) is 0. The van der Waals surface area contributed by atoms with Crippen molar-refractivity contribution in [3.05, 3.63) is 29.8 Å². The van der Waals surface area contributed by atoms with Gasteiger partial charge in [0.2, 0.25) is 0 Å². The van der Waals surface area contributed by atoms with Crippen LogP contribution in [0, 0.1) is 0 Å². The Balaban J connectivity index is 2.60. The van der Waals surface area contributed by atoms with Crippen molar-refractivity contribution in [2.75, 3.05) is 18.9 Å². The molecule has 0 aliphatic heterocycles. The molecule has 0 spiro atoms. The third kappa shape index (κ3) is 4.21. The van der Waals surface area contributed by atoms with Crippen LogP contribution in [0.4, 0.5) is 5.69 Å². The Morgan fingerprint density at radius 2 is 2.12 bits per heavy atom. The lowest BCUT2D eigenvalue weighted by Gasteiger charge is -2.26. The van der Waals surface area contributed by atoms with Gasteiger partial charge in [-0.15, -0.1) is 0 Å². The third-order valence-electron chi connectivity index (χ3n) is 2.67. The maximum absolute atomic E-state index is 8.86. The molecule has 16 heavy (non-hydrogen) atoms. The second-order valence-electron chi connectivity index (χ2n) is 4.39. The molecule has 1 aromatic rings. The van der Waals surface area contributed by atoms with Gasteiger partial charge >= 0.3 is 0 Å². The summed E-state index contributed by atoms with van der Waals surface area (Å²) in [6.07, 6.45) is 0.820. The zero-order valence-corrected chi connectivity index (χ0v) is 10.2. The molecule has 0 unspecified atom stereocenters. The van der Waals surface area contributed by atoms with Crippen molar-refractivity contribution in [3.63, 3.8) is 0 Å². The molecule has 3 heteroatoms. The van der Waals surface area contributed by atoms with Crippen molar-refractivity contribution < 1.29 is 5.11 Å². The van der Waals surface area contributed by atoms with E-state index >= 15 is 0 Å². The minimum Gasteiger partial charge on any atom is -0.399 e. The number of hydrogen-bond acceptors (Lipinski definition) is 3. The highest BCUT2D eigenvalue weighted by atomic mass is 16.3. The smallest absolute Gasteiger partial charge is 0.0443 e. The molecule has 0 aliphatic rings. The van der Waals surface area contributed by atoms with Crippen LogP contribution in [-0.4, -0.2) is 29.2 Å². The molecule has 1 rings (SSSR count). The fraction of sp³-hybridized carbons (Fsp3) is 0.538. The molecular formula is C13H22N2O. The Hall–Kier alpha value is -1.06. The average Bonchev–Trinajstić information content (AvgIpc) is 2.24. The van der Waals surface area contributed by atoms with Gasteiger partial charge in [-0.3, -0.25) is 4.90 Å². The Morgan fingerprint density at radius 3 is 2.69 bits per heavy atom. The summed E-state index contributed by atoms with van der Waals surface area (Å²) < 4.78 is 0. The molecule has 0 aliphatic carbocycles. The van der Waals surface area contributed by atoms with Crippen LogP contribution in [0.5, 0.6) is 0 Å². The van der Waals surface area contributed by atoms with Crippen LogP contribution in [-0.2, 0) is 6.54 Å². The highest BCUT2D eigenvalue weighted by Crippen LogP contribution is 2.11. The Morgan fingerprint density at radius 1 is 1.38 bits per heavy atom. The number of benzene rings is 1. The van der Waals surface area contributed by atoms with E-state index in [4.69, 9.17) is 10.8 Å². The van der Waals surface area contributed by atoms with Crippen molar-refractivity contribution in [3.8, 4) is 0 Å². The molecule has 0 atom stereocenters. The number of rotatable bonds is 6. The van der Waals surface area contributed by atoms with E-state index in [1.165, 1.54) is 5.56 Å². The summed E-state index contributed by atoms with van der Waals surface area (Å²) in [7, 11) is 0. The maximum atomic E-state index is 8.86. The largest absolute Gasteiger partial charge is 0.399 e. The van der Waals surface area contributed by atoms with E-state index in [1.54, 1.807) is 0 Å². The molecule has 0 heterocycles. The molecule has 0 aromatic heterocycles. The summed E-state index contributed by atoms with van der Waals surface area (Å²) in [6, 6.07) is 8.46. The number of anilines is 1. The van der Waals surface area contributed by atoms with Crippen molar-refractivity contribution >= 4 is 5.69 Å². The van der Waals surface area contributed by atoms with E-state index in [1.807, 2.05) is 18.2 Å². The van der Waals surface area contributed by atoms with Crippen molar-refractivity contribution in [1.29, 1.82) is 0 Å². The first-order valence-corrected chi connectivity index (χ1v) is 5.83. The Bertz CT molecular complexity index is 313. The molecular weight excluding hydrogens is 200 g/mol. The second kappa shape index (κ2) is 6.51. The zero-order chi connectivity index (χ0) is 12.0. The molecule has 0 bridgehead atoms.